The van der Waals surface area contributed by atoms with Crippen LogP contribution in [0.25, 0.3) is 5.57 Å². The summed E-state index contributed by atoms with van der Waals surface area (Å²) in [7, 11) is 0. The number of halogens is 3. The number of fused-ring (bicyclic) bond motifs is 1. The second-order valence-electron chi connectivity index (χ2n) is 5.24. The molecule has 0 aliphatic heterocycles. The number of aromatic nitrogens is 1. The van der Waals surface area contributed by atoms with Gasteiger partial charge in [0.1, 0.15) is 11.6 Å². The van der Waals surface area contributed by atoms with Gasteiger partial charge in [0.15, 0.2) is 0 Å². The Morgan fingerprint density at radius 1 is 1.32 bits per heavy atom. The maximum absolute atomic E-state index is 13.9. The first-order valence-corrected chi connectivity index (χ1v) is 7.76. The molecule has 0 amide bonds. The number of hydrogen-bond donors (Lipinski definition) is 1. The zero-order valence-electron chi connectivity index (χ0n) is 11.7. The average Bonchev–Trinajstić information content (AvgIpc) is 2.92. The van der Waals surface area contributed by atoms with E-state index in [0.29, 0.717) is 45.5 Å². The molecule has 22 heavy (non-hydrogen) atoms. The van der Waals surface area contributed by atoms with Crippen LogP contribution in [0.3, 0.4) is 0 Å². The third kappa shape index (κ3) is 2.91. The fourth-order valence-electron chi connectivity index (χ4n) is 2.76. The molecule has 0 saturated heterocycles. The third-order valence-electron chi connectivity index (χ3n) is 3.81. The average molecular weight is 342 g/mol. The predicted molar refractivity (Wildman–Crippen MR) is 83.8 cm³/mol. The molecule has 1 aliphatic rings. The lowest BCUT2D eigenvalue weighted by Crippen LogP contribution is -2.05. The monoisotopic (exact) mass is 341 g/mol. The fourth-order valence-corrected chi connectivity index (χ4v) is 3.23. The molecule has 1 aromatic carbocycles. The van der Waals surface area contributed by atoms with Crippen molar-refractivity contribution in [3.63, 3.8) is 0 Å². The summed E-state index contributed by atoms with van der Waals surface area (Å²) >= 11 is 12.1. The van der Waals surface area contributed by atoms with E-state index in [0.717, 1.165) is 18.4 Å². The summed E-state index contributed by atoms with van der Waals surface area (Å²) in [5, 5.41) is 14.3. The standard InChI is InChI=1S/C16H14Cl2FNO2/c17-10-5-4-9(12(18)7-10)6-14-16-11(13(19)8-21)2-1-3-15(16)22-20-14/h4-5,7,21H,1-3,6,8H2/b13-11+. The Balaban J connectivity index is 2.01. The predicted octanol–water partition coefficient (Wildman–Crippen LogP) is 4.58. The van der Waals surface area contributed by atoms with E-state index in [1.54, 1.807) is 12.1 Å². The summed E-state index contributed by atoms with van der Waals surface area (Å²) < 4.78 is 19.3. The van der Waals surface area contributed by atoms with Crippen molar-refractivity contribution in [3.05, 3.63) is 56.7 Å². The molecule has 0 atom stereocenters. The molecule has 6 heteroatoms. The van der Waals surface area contributed by atoms with E-state index >= 15 is 0 Å². The fraction of sp³-hybridized carbons (Fsp3) is 0.312. The van der Waals surface area contributed by atoms with Crippen LogP contribution >= 0.6 is 23.2 Å². The molecular formula is C16H14Cl2FNO2. The van der Waals surface area contributed by atoms with Crippen LogP contribution in [0, 0.1) is 0 Å². The Morgan fingerprint density at radius 3 is 2.86 bits per heavy atom. The Kier molecular flexibility index (Phi) is 4.52. The van der Waals surface area contributed by atoms with E-state index in [1.807, 2.05) is 6.07 Å². The van der Waals surface area contributed by atoms with Crippen molar-refractivity contribution >= 4 is 28.8 Å². The molecule has 1 N–H and O–H groups in total. The van der Waals surface area contributed by atoms with E-state index in [4.69, 9.17) is 32.8 Å². The van der Waals surface area contributed by atoms with Crippen molar-refractivity contribution in [2.45, 2.75) is 25.7 Å². The second kappa shape index (κ2) is 6.41. The van der Waals surface area contributed by atoms with Crippen LogP contribution in [0.4, 0.5) is 4.39 Å². The number of nitrogens with zero attached hydrogens (tertiary/aromatic N) is 1. The zero-order valence-corrected chi connectivity index (χ0v) is 13.2. The maximum atomic E-state index is 13.9. The molecule has 3 rings (SSSR count). The Bertz CT molecular complexity index is 740. The van der Waals surface area contributed by atoms with Gasteiger partial charge in [0.05, 0.1) is 12.3 Å². The topological polar surface area (TPSA) is 46.3 Å². The zero-order chi connectivity index (χ0) is 15.7. The first-order valence-electron chi connectivity index (χ1n) is 7.00. The van der Waals surface area contributed by atoms with Crippen molar-refractivity contribution in [2.75, 3.05) is 6.61 Å². The molecule has 1 aromatic heterocycles. The van der Waals surface area contributed by atoms with Gasteiger partial charge in [0.2, 0.25) is 0 Å². The SMILES string of the molecule is OC/C(F)=C1/CCCc2onc(Cc3ccc(Cl)cc3Cl)c21. The Morgan fingerprint density at radius 2 is 2.14 bits per heavy atom. The van der Waals surface area contributed by atoms with Gasteiger partial charge in [-0.2, -0.15) is 0 Å². The minimum Gasteiger partial charge on any atom is -0.389 e. The number of aryl methyl sites for hydroxylation is 1. The van der Waals surface area contributed by atoms with E-state index in [-0.39, 0.29) is 0 Å². The van der Waals surface area contributed by atoms with Crippen LogP contribution in [0.1, 0.15) is 35.4 Å². The molecular weight excluding hydrogens is 328 g/mol. The Labute approximate surface area is 137 Å². The summed E-state index contributed by atoms with van der Waals surface area (Å²) in [5.41, 5.74) is 2.66. The lowest BCUT2D eigenvalue weighted by atomic mass is 9.89. The van der Waals surface area contributed by atoms with Crippen molar-refractivity contribution in [1.82, 2.24) is 5.16 Å². The van der Waals surface area contributed by atoms with Gasteiger partial charge in [-0.1, -0.05) is 34.4 Å². The maximum Gasteiger partial charge on any atom is 0.144 e. The van der Waals surface area contributed by atoms with E-state index in [2.05, 4.69) is 5.16 Å². The van der Waals surface area contributed by atoms with E-state index in [9.17, 15) is 4.39 Å². The lowest BCUT2D eigenvalue weighted by Gasteiger charge is -2.15. The minimum atomic E-state index is -0.610. The molecule has 3 nitrogen and oxygen atoms in total. The minimum absolute atomic E-state index is 0.428. The lowest BCUT2D eigenvalue weighted by molar-refractivity contribution is 0.298. The number of aliphatic hydroxyl groups is 1. The third-order valence-corrected chi connectivity index (χ3v) is 4.39. The molecule has 0 fully saturated rings. The summed E-state index contributed by atoms with van der Waals surface area (Å²) in [6, 6.07) is 5.23. The number of rotatable bonds is 3. The molecule has 0 spiro atoms. The molecule has 0 bridgehead atoms. The van der Waals surface area contributed by atoms with Gasteiger partial charge < -0.3 is 9.63 Å². The van der Waals surface area contributed by atoms with E-state index < -0.39 is 12.4 Å². The smallest absolute Gasteiger partial charge is 0.144 e. The highest BCUT2D eigenvalue weighted by molar-refractivity contribution is 6.35. The van der Waals surface area contributed by atoms with Crippen molar-refractivity contribution in [1.29, 1.82) is 0 Å². The molecule has 1 aliphatic carbocycles. The molecule has 2 aromatic rings. The van der Waals surface area contributed by atoms with Gasteiger partial charge in [-0.15, -0.1) is 0 Å². The summed E-state index contributed by atoms with van der Waals surface area (Å²) in [5.74, 6) is 0.150. The normalized spacial score (nSPS) is 16.5. The first kappa shape index (κ1) is 15.5. The Hall–Kier alpha value is -1.36. The van der Waals surface area contributed by atoms with Crippen LogP contribution in [-0.2, 0) is 12.8 Å². The van der Waals surface area contributed by atoms with E-state index in [1.165, 1.54) is 0 Å². The van der Waals surface area contributed by atoms with Crippen LogP contribution in [0.15, 0.2) is 28.5 Å². The van der Waals surface area contributed by atoms with Crippen LogP contribution < -0.4 is 0 Å². The van der Waals surface area contributed by atoms with Gasteiger partial charge in [0.25, 0.3) is 0 Å². The number of hydrogen-bond acceptors (Lipinski definition) is 3. The van der Waals surface area contributed by atoms with Gasteiger partial charge in [-0.25, -0.2) is 4.39 Å². The van der Waals surface area contributed by atoms with Crippen molar-refractivity contribution in [3.8, 4) is 0 Å². The highest BCUT2D eigenvalue weighted by Crippen LogP contribution is 2.37. The second-order valence-corrected chi connectivity index (χ2v) is 6.08. The van der Waals surface area contributed by atoms with Gasteiger partial charge in [-0.05, 0) is 36.1 Å². The first-order chi connectivity index (χ1) is 10.6. The molecule has 116 valence electrons. The van der Waals surface area contributed by atoms with Gasteiger partial charge in [0, 0.05) is 28.5 Å². The highest BCUT2D eigenvalue weighted by Gasteiger charge is 2.26. The van der Waals surface area contributed by atoms with Crippen LogP contribution in [0.5, 0.6) is 0 Å². The number of benzene rings is 1. The summed E-state index contributed by atoms with van der Waals surface area (Å²) in [6.07, 6.45) is 2.50. The summed E-state index contributed by atoms with van der Waals surface area (Å²) in [4.78, 5) is 0. The summed E-state index contributed by atoms with van der Waals surface area (Å²) in [6.45, 7) is -0.610. The number of aliphatic hydroxyl groups excluding tert-OH is 1. The van der Waals surface area contributed by atoms with Gasteiger partial charge in [-0.3, -0.25) is 0 Å². The van der Waals surface area contributed by atoms with Crippen molar-refractivity contribution in [2.24, 2.45) is 0 Å². The van der Waals surface area contributed by atoms with Gasteiger partial charge >= 0.3 is 0 Å². The highest BCUT2D eigenvalue weighted by atomic mass is 35.5. The quantitative estimate of drug-likeness (QED) is 0.888. The number of allylic oxidation sites excluding steroid dienone is 1. The van der Waals surface area contributed by atoms with Crippen LogP contribution in [0.2, 0.25) is 10.0 Å². The van der Waals surface area contributed by atoms with Crippen LogP contribution in [-0.4, -0.2) is 16.9 Å². The largest absolute Gasteiger partial charge is 0.389 e. The molecule has 0 radical (unpaired) electrons. The molecule has 1 heterocycles. The van der Waals surface area contributed by atoms with Crippen molar-refractivity contribution < 1.29 is 14.0 Å². The molecule has 0 unspecified atom stereocenters. The molecule has 0 saturated carbocycles.